The Morgan fingerprint density at radius 2 is 2.04 bits per heavy atom. The molecule has 1 N–H and O–H groups in total. The van der Waals surface area contributed by atoms with E-state index >= 15 is 0 Å². The van der Waals surface area contributed by atoms with Gasteiger partial charge < -0.3 is 10.1 Å². The minimum atomic E-state index is -0.220. The number of anilines is 1. The van der Waals surface area contributed by atoms with Gasteiger partial charge in [-0.25, -0.2) is 4.98 Å². The molecular formula is C18H18N2O2S. The largest absolute Gasteiger partial charge is 0.494 e. The molecule has 1 heterocycles. The Hall–Kier alpha value is -2.40. The maximum absolute atomic E-state index is 12.4. The first-order valence-corrected chi connectivity index (χ1v) is 8.38. The van der Waals surface area contributed by atoms with Crippen LogP contribution in [0.25, 0.3) is 10.2 Å². The van der Waals surface area contributed by atoms with Crippen LogP contribution in [-0.4, -0.2) is 17.5 Å². The monoisotopic (exact) mass is 326 g/mol. The molecule has 0 radical (unpaired) electrons. The van der Waals surface area contributed by atoms with Crippen molar-refractivity contribution in [3.8, 4) is 5.75 Å². The molecule has 4 nitrogen and oxygen atoms in total. The van der Waals surface area contributed by atoms with Gasteiger partial charge in [0, 0.05) is 0 Å². The first-order valence-electron chi connectivity index (χ1n) is 7.56. The van der Waals surface area contributed by atoms with Gasteiger partial charge in [0.05, 0.1) is 22.7 Å². The second-order valence-corrected chi connectivity index (χ2v) is 6.23. The van der Waals surface area contributed by atoms with E-state index in [0.29, 0.717) is 11.7 Å². The predicted octanol–water partition coefficient (Wildman–Crippen LogP) is 4.44. The van der Waals surface area contributed by atoms with Crippen LogP contribution >= 0.6 is 11.3 Å². The number of benzene rings is 2. The zero-order valence-electron chi connectivity index (χ0n) is 13.1. The molecule has 0 aliphatic carbocycles. The maximum Gasteiger partial charge on any atom is 0.233 e. The van der Waals surface area contributed by atoms with Crippen LogP contribution in [0.2, 0.25) is 0 Å². The molecule has 1 aromatic heterocycles. The number of ether oxygens (including phenoxy) is 1. The van der Waals surface area contributed by atoms with E-state index in [1.807, 2.05) is 62.4 Å². The third-order valence-electron chi connectivity index (χ3n) is 3.59. The molecule has 1 atom stereocenters. The average molecular weight is 326 g/mol. The summed E-state index contributed by atoms with van der Waals surface area (Å²) < 4.78 is 6.49. The average Bonchev–Trinajstić information content (AvgIpc) is 2.96. The molecule has 0 aliphatic rings. The van der Waals surface area contributed by atoms with E-state index in [1.54, 1.807) is 0 Å². The van der Waals surface area contributed by atoms with Crippen molar-refractivity contribution in [2.45, 2.75) is 19.8 Å². The van der Waals surface area contributed by atoms with Gasteiger partial charge in [0.25, 0.3) is 0 Å². The Bertz CT molecular complexity index is 814. The van der Waals surface area contributed by atoms with Gasteiger partial charge in [0.2, 0.25) is 5.91 Å². The molecular weight excluding hydrogens is 308 g/mol. The highest BCUT2D eigenvalue weighted by atomic mass is 32.1. The normalized spacial score (nSPS) is 12.1. The highest BCUT2D eigenvalue weighted by Gasteiger charge is 2.16. The summed E-state index contributed by atoms with van der Waals surface area (Å²) in [5.74, 6) is 0.543. The Labute approximate surface area is 139 Å². The standard InChI is InChI=1S/C18H18N2O2S/c1-3-22-14-9-10-15-16(11-14)23-18(19-15)20-17(21)12(2)13-7-5-4-6-8-13/h4-12H,3H2,1-2H3,(H,19,20,21)/t12-/m1/s1. The van der Waals surface area contributed by atoms with E-state index < -0.39 is 0 Å². The lowest BCUT2D eigenvalue weighted by atomic mass is 10.0. The lowest BCUT2D eigenvalue weighted by Crippen LogP contribution is -2.18. The molecule has 3 rings (SSSR count). The van der Waals surface area contributed by atoms with Crippen molar-refractivity contribution in [1.82, 2.24) is 4.98 Å². The quantitative estimate of drug-likeness (QED) is 0.754. The summed E-state index contributed by atoms with van der Waals surface area (Å²) in [6.45, 7) is 4.47. The third-order valence-corrected chi connectivity index (χ3v) is 4.53. The third kappa shape index (κ3) is 3.51. The highest BCUT2D eigenvalue weighted by Crippen LogP contribution is 2.30. The number of nitrogens with zero attached hydrogens (tertiary/aromatic N) is 1. The van der Waals surface area contributed by atoms with Gasteiger partial charge in [-0.15, -0.1) is 0 Å². The van der Waals surface area contributed by atoms with Crippen LogP contribution in [0.5, 0.6) is 5.75 Å². The smallest absolute Gasteiger partial charge is 0.233 e. The first kappa shape index (κ1) is 15.5. The van der Waals surface area contributed by atoms with E-state index in [0.717, 1.165) is 21.5 Å². The van der Waals surface area contributed by atoms with Crippen LogP contribution in [0.3, 0.4) is 0 Å². The molecule has 0 saturated carbocycles. The molecule has 0 bridgehead atoms. The molecule has 2 aromatic carbocycles. The number of nitrogens with one attached hydrogen (secondary N) is 1. The van der Waals surface area contributed by atoms with Crippen LogP contribution < -0.4 is 10.1 Å². The molecule has 1 amide bonds. The SMILES string of the molecule is CCOc1ccc2nc(NC(=O)[C@H](C)c3ccccc3)sc2c1. The Kier molecular flexibility index (Phi) is 4.57. The summed E-state index contributed by atoms with van der Waals surface area (Å²) in [5, 5.41) is 3.52. The summed E-state index contributed by atoms with van der Waals surface area (Å²) in [7, 11) is 0. The molecule has 3 aromatic rings. The number of carbonyl (C=O) groups excluding carboxylic acids is 1. The van der Waals surface area contributed by atoms with Crippen molar-refractivity contribution >= 4 is 32.6 Å². The van der Waals surface area contributed by atoms with E-state index in [2.05, 4.69) is 10.3 Å². The number of hydrogen-bond acceptors (Lipinski definition) is 4. The van der Waals surface area contributed by atoms with Crippen LogP contribution in [0.15, 0.2) is 48.5 Å². The molecule has 0 unspecified atom stereocenters. The number of rotatable bonds is 5. The summed E-state index contributed by atoms with van der Waals surface area (Å²) in [6.07, 6.45) is 0. The molecule has 0 aliphatic heterocycles. The van der Waals surface area contributed by atoms with Crippen molar-refractivity contribution in [2.24, 2.45) is 0 Å². The lowest BCUT2D eigenvalue weighted by Gasteiger charge is -2.10. The Morgan fingerprint density at radius 1 is 1.26 bits per heavy atom. The van der Waals surface area contributed by atoms with Gasteiger partial charge in [-0.3, -0.25) is 4.79 Å². The van der Waals surface area contributed by atoms with Gasteiger partial charge >= 0.3 is 0 Å². The van der Waals surface area contributed by atoms with Crippen molar-refractivity contribution in [3.63, 3.8) is 0 Å². The number of amides is 1. The van der Waals surface area contributed by atoms with Gasteiger partial charge in [-0.1, -0.05) is 41.7 Å². The van der Waals surface area contributed by atoms with E-state index in [9.17, 15) is 4.79 Å². The van der Waals surface area contributed by atoms with Crippen LogP contribution in [0, 0.1) is 0 Å². The second kappa shape index (κ2) is 6.79. The van der Waals surface area contributed by atoms with E-state index in [1.165, 1.54) is 11.3 Å². The topological polar surface area (TPSA) is 51.2 Å². The first-order chi connectivity index (χ1) is 11.2. The van der Waals surface area contributed by atoms with Crippen LogP contribution in [-0.2, 0) is 4.79 Å². The van der Waals surface area contributed by atoms with Gasteiger partial charge in [-0.05, 0) is 37.6 Å². The number of aromatic nitrogens is 1. The number of thiazole rings is 1. The zero-order chi connectivity index (χ0) is 16.2. The van der Waals surface area contributed by atoms with Gasteiger partial charge in [-0.2, -0.15) is 0 Å². The van der Waals surface area contributed by atoms with Gasteiger partial charge in [0.15, 0.2) is 5.13 Å². The summed E-state index contributed by atoms with van der Waals surface area (Å²) in [4.78, 5) is 16.9. The fourth-order valence-corrected chi connectivity index (χ4v) is 3.22. The minimum absolute atomic E-state index is 0.0553. The highest BCUT2D eigenvalue weighted by molar-refractivity contribution is 7.22. The van der Waals surface area contributed by atoms with Crippen LogP contribution in [0.1, 0.15) is 25.3 Å². The molecule has 5 heteroatoms. The second-order valence-electron chi connectivity index (χ2n) is 5.20. The van der Waals surface area contributed by atoms with E-state index in [-0.39, 0.29) is 11.8 Å². The predicted molar refractivity (Wildman–Crippen MR) is 94.3 cm³/mol. The number of fused-ring (bicyclic) bond motifs is 1. The fourth-order valence-electron chi connectivity index (χ4n) is 2.32. The lowest BCUT2D eigenvalue weighted by molar-refractivity contribution is -0.117. The fraction of sp³-hybridized carbons (Fsp3) is 0.222. The summed E-state index contributed by atoms with van der Waals surface area (Å²) in [5.41, 5.74) is 1.85. The van der Waals surface area contributed by atoms with Gasteiger partial charge in [0.1, 0.15) is 5.75 Å². The molecule has 0 spiro atoms. The summed E-state index contributed by atoms with van der Waals surface area (Å²) >= 11 is 1.46. The van der Waals surface area contributed by atoms with E-state index in [4.69, 9.17) is 4.74 Å². The number of carbonyl (C=O) groups is 1. The Balaban J connectivity index is 1.77. The van der Waals surface area contributed by atoms with Crippen molar-refractivity contribution in [2.75, 3.05) is 11.9 Å². The summed E-state index contributed by atoms with van der Waals surface area (Å²) in [6, 6.07) is 15.5. The molecule has 23 heavy (non-hydrogen) atoms. The Morgan fingerprint density at radius 3 is 2.78 bits per heavy atom. The van der Waals surface area contributed by atoms with Crippen molar-refractivity contribution in [1.29, 1.82) is 0 Å². The van der Waals surface area contributed by atoms with Crippen LogP contribution in [0.4, 0.5) is 5.13 Å². The van der Waals surface area contributed by atoms with Crippen molar-refractivity contribution < 1.29 is 9.53 Å². The minimum Gasteiger partial charge on any atom is -0.494 e. The number of hydrogen-bond donors (Lipinski definition) is 1. The molecule has 0 saturated heterocycles. The van der Waals surface area contributed by atoms with Crippen molar-refractivity contribution in [3.05, 3.63) is 54.1 Å². The maximum atomic E-state index is 12.4. The molecule has 118 valence electrons. The molecule has 0 fully saturated rings. The zero-order valence-corrected chi connectivity index (χ0v) is 13.9.